The second-order valence-corrected chi connectivity index (χ2v) is 5.82. The largest absolute Gasteiger partial charge is 0.478 e. The topological polar surface area (TPSA) is 109 Å². The normalized spacial score (nSPS) is 11.1. The lowest BCUT2D eigenvalue weighted by Crippen LogP contribution is -2.16. The highest BCUT2D eigenvalue weighted by molar-refractivity contribution is 7.92. The quantitative estimate of drug-likeness (QED) is 0.826. The second kappa shape index (κ2) is 5.62. The molecule has 21 heavy (non-hydrogen) atoms. The summed E-state index contributed by atoms with van der Waals surface area (Å²) in [5.41, 5.74) is -0.363. The van der Waals surface area contributed by atoms with Gasteiger partial charge in [-0.1, -0.05) is 11.6 Å². The molecule has 7 nitrogen and oxygen atoms in total. The van der Waals surface area contributed by atoms with Crippen LogP contribution in [-0.2, 0) is 10.0 Å². The maximum atomic E-state index is 13.6. The van der Waals surface area contributed by atoms with E-state index in [9.17, 15) is 17.6 Å². The van der Waals surface area contributed by atoms with Crippen LogP contribution in [0.25, 0.3) is 0 Å². The molecule has 1 aromatic carbocycles. The molecule has 0 saturated carbocycles. The molecule has 1 heterocycles. The molecule has 0 aliphatic heterocycles. The Balaban J connectivity index is 2.44. The van der Waals surface area contributed by atoms with E-state index < -0.39 is 26.7 Å². The zero-order valence-corrected chi connectivity index (χ0v) is 11.7. The molecule has 0 fully saturated rings. The Morgan fingerprint density at radius 2 is 2.00 bits per heavy atom. The summed E-state index contributed by atoms with van der Waals surface area (Å²) < 4.78 is 39.7. The number of hydrogen-bond acceptors (Lipinski definition) is 5. The summed E-state index contributed by atoms with van der Waals surface area (Å²) in [4.78, 5) is 17.2. The van der Waals surface area contributed by atoms with Gasteiger partial charge in [0.15, 0.2) is 0 Å². The van der Waals surface area contributed by atoms with Gasteiger partial charge in [0.05, 0.1) is 5.56 Å². The fourth-order valence-corrected chi connectivity index (χ4v) is 2.68. The molecule has 0 spiro atoms. The van der Waals surface area contributed by atoms with Gasteiger partial charge in [0.1, 0.15) is 28.0 Å². The van der Waals surface area contributed by atoms with Gasteiger partial charge in [-0.15, -0.1) is 0 Å². The number of sulfonamides is 1. The van der Waals surface area contributed by atoms with Crippen LogP contribution in [0.5, 0.6) is 0 Å². The average molecular weight is 332 g/mol. The number of carbonyl (C=O) groups is 1. The van der Waals surface area contributed by atoms with Crippen LogP contribution in [0.1, 0.15) is 10.4 Å². The van der Waals surface area contributed by atoms with E-state index in [-0.39, 0.29) is 16.5 Å². The number of carboxylic acid groups (broad SMARTS) is 1. The van der Waals surface area contributed by atoms with Gasteiger partial charge in [-0.3, -0.25) is 4.72 Å². The van der Waals surface area contributed by atoms with Crippen molar-refractivity contribution in [2.24, 2.45) is 0 Å². The molecule has 1 aromatic heterocycles. The van der Waals surface area contributed by atoms with Gasteiger partial charge in [-0.25, -0.2) is 27.6 Å². The summed E-state index contributed by atoms with van der Waals surface area (Å²) in [6.45, 7) is 0. The lowest BCUT2D eigenvalue weighted by molar-refractivity contribution is 0.0696. The zero-order chi connectivity index (χ0) is 15.6. The molecule has 0 unspecified atom stereocenters. The minimum Gasteiger partial charge on any atom is -0.478 e. The monoisotopic (exact) mass is 331 g/mol. The lowest BCUT2D eigenvalue weighted by atomic mass is 10.2. The van der Waals surface area contributed by atoms with Crippen molar-refractivity contribution in [3.05, 3.63) is 47.1 Å². The van der Waals surface area contributed by atoms with Crippen LogP contribution in [-0.4, -0.2) is 29.5 Å². The summed E-state index contributed by atoms with van der Waals surface area (Å²) >= 11 is 5.58. The van der Waals surface area contributed by atoms with Crippen molar-refractivity contribution in [2.75, 3.05) is 4.72 Å². The van der Waals surface area contributed by atoms with Gasteiger partial charge < -0.3 is 5.11 Å². The fraction of sp³-hybridized carbons (Fsp3) is 0. The van der Waals surface area contributed by atoms with E-state index in [0.717, 1.165) is 24.5 Å². The van der Waals surface area contributed by atoms with Crippen molar-refractivity contribution in [3.63, 3.8) is 0 Å². The van der Waals surface area contributed by atoms with E-state index >= 15 is 0 Å². The summed E-state index contributed by atoms with van der Waals surface area (Å²) in [5, 5.41) is 8.80. The maximum absolute atomic E-state index is 13.6. The Morgan fingerprint density at radius 1 is 1.29 bits per heavy atom. The smallest absolute Gasteiger partial charge is 0.335 e. The molecule has 110 valence electrons. The van der Waals surface area contributed by atoms with Gasteiger partial charge >= 0.3 is 5.97 Å². The van der Waals surface area contributed by atoms with Crippen LogP contribution >= 0.6 is 11.6 Å². The maximum Gasteiger partial charge on any atom is 0.335 e. The van der Waals surface area contributed by atoms with Crippen molar-refractivity contribution < 1.29 is 22.7 Å². The van der Waals surface area contributed by atoms with E-state index in [4.69, 9.17) is 16.7 Å². The Kier molecular flexibility index (Phi) is 4.05. The Bertz CT molecular complexity index is 813. The van der Waals surface area contributed by atoms with Gasteiger partial charge in [0.25, 0.3) is 10.0 Å². The summed E-state index contributed by atoms with van der Waals surface area (Å²) in [6, 6.07) is 3.55. The minimum absolute atomic E-state index is 0.0116. The molecule has 2 N–H and O–H groups in total. The molecular formula is C11H7ClFN3O4S. The van der Waals surface area contributed by atoms with Crippen LogP contribution in [0.4, 0.5) is 10.2 Å². The molecule has 0 aliphatic carbocycles. The Hall–Kier alpha value is -2.26. The van der Waals surface area contributed by atoms with Crippen molar-refractivity contribution in [1.29, 1.82) is 0 Å². The number of anilines is 1. The number of nitrogens with zero attached hydrogens (tertiary/aromatic N) is 2. The summed E-state index contributed by atoms with van der Waals surface area (Å²) in [5.74, 6) is -2.64. The van der Waals surface area contributed by atoms with Crippen molar-refractivity contribution in [2.45, 2.75) is 4.90 Å². The Labute approximate surface area is 123 Å². The Morgan fingerprint density at radius 3 is 2.62 bits per heavy atom. The summed E-state index contributed by atoms with van der Waals surface area (Å²) in [7, 11) is -4.35. The first-order chi connectivity index (χ1) is 9.79. The van der Waals surface area contributed by atoms with Crippen LogP contribution in [0, 0.1) is 5.82 Å². The average Bonchev–Trinajstić information content (AvgIpc) is 2.38. The predicted octanol–water partition coefficient (Wildman–Crippen LogP) is 1.77. The SMILES string of the molecule is O=C(O)c1ccc(F)c(S(=O)(=O)Nc2cc(Cl)ncn2)c1. The van der Waals surface area contributed by atoms with Gasteiger partial charge in [-0.2, -0.15) is 0 Å². The third-order valence-corrected chi connectivity index (χ3v) is 3.92. The van der Waals surface area contributed by atoms with Crippen molar-refractivity contribution >= 4 is 33.4 Å². The number of aromatic carboxylic acids is 1. The van der Waals surface area contributed by atoms with E-state index in [1.807, 2.05) is 4.72 Å². The van der Waals surface area contributed by atoms with Gasteiger partial charge in [-0.05, 0) is 18.2 Å². The van der Waals surface area contributed by atoms with Crippen molar-refractivity contribution in [1.82, 2.24) is 9.97 Å². The van der Waals surface area contributed by atoms with E-state index in [0.29, 0.717) is 6.07 Å². The van der Waals surface area contributed by atoms with Crippen molar-refractivity contribution in [3.8, 4) is 0 Å². The number of aromatic nitrogens is 2. The van der Waals surface area contributed by atoms with Crippen LogP contribution in [0.3, 0.4) is 0 Å². The highest BCUT2D eigenvalue weighted by Crippen LogP contribution is 2.20. The first-order valence-electron chi connectivity index (χ1n) is 5.33. The lowest BCUT2D eigenvalue weighted by Gasteiger charge is -2.08. The first-order valence-corrected chi connectivity index (χ1v) is 7.19. The van der Waals surface area contributed by atoms with Gasteiger partial charge in [0, 0.05) is 6.07 Å². The molecule has 0 radical (unpaired) electrons. The number of nitrogens with one attached hydrogen (secondary N) is 1. The second-order valence-electron chi connectivity index (χ2n) is 3.78. The number of benzene rings is 1. The molecule has 0 bridgehead atoms. The predicted molar refractivity (Wildman–Crippen MR) is 71.2 cm³/mol. The van der Waals surface area contributed by atoms with Crippen LogP contribution in [0.2, 0.25) is 5.15 Å². The molecule has 2 rings (SSSR count). The fourth-order valence-electron chi connectivity index (χ4n) is 1.42. The van der Waals surface area contributed by atoms with Gasteiger partial charge in [0.2, 0.25) is 0 Å². The highest BCUT2D eigenvalue weighted by atomic mass is 35.5. The molecule has 10 heteroatoms. The molecular weight excluding hydrogens is 325 g/mol. The molecule has 0 aliphatic rings. The number of carboxylic acids is 1. The summed E-state index contributed by atoms with van der Waals surface area (Å²) in [6.07, 6.45) is 1.02. The molecule has 2 aromatic rings. The molecule has 0 saturated heterocycles. The number of rotatable bonds is 4. The van der Waals surface area contributed by atoms with Crippen LogP contribution in [0.15, 0.2) is 35.5 Å². The van der Waals surface area contributed by atoms with E-state index in [2.05, 4.69) is 9.97 Å². The van der Waals surface area contributed by atoms with E-state index in [1.165, 1.54) is 0 Å². The standard InChI is InChI=1S/C11H7ClFN3O4S/c12-9-4-10(15-5-14-9)16-21(19,20)8-3-6(11(17)18)1-2-7(8)13/h1-5H,(H,17,18)(H,14,15,16). The van der Waals surface area contributed by atoms with Crippen LogP contribution < -0.4 is 4.72 Å². The molecule has 0 atom stereocenters. The highest BCUT2D eigenvalue weighted by Gasteiger charge is 2.22. The number of halogens is 2. The third kappa shape index (κ3) is 3.44. The number of hydrogen-bond donors (Lipinski definition) is 2. The minimum atomic E-state index is -4.35. The molecule has 0 amide bonds. The zero-order valence-electron chi connectivity index (χ0n) is 10.1. The van der Waals surface area contributed by atoms with E-state index in [1.54, 1.807) is 0 Å². The third-order valence-electron chi connectivity index (χ3n) is 2.34. The first kappa shape index (κ1) is 15.1.